The second kappa shape index (κ2) is 4.74. The summed E-state index contributed by atoms with van der Waals surface area (Å²) in [5.41, 5.74) is 2.55. The number of allylic oxidation sites excluding steroid dienone is 2. The van der Waals surface area contributed by atoms with E-state index in [2.05, 4.69) is 68.1 Å². The maximum Gasteiger partial charge on any atom is -0.00993 e. The molecule has 0 saturated carbocycles. The zero-order valence-corrected chi connectivity index (χ0v) is 11.1. The SMILES string of the molecule is C=C/C=C\c1cc2c(ccc3ccccc32)cc1C. The molecule has 0 spiro atoms. The molecule has 0 fully saturated rings. The summed E-state index contributed by atoms with van der Waals surface area (Å²) in [4.78, 5) is 0. The predicted molar refractivity (Wildman–Crippen MR) is 85.4 cm³/mol. The lowest BCUT2D eigenvalue weighted by Crippen LogP contribution is -1.84. The molecule has 0 nitrogen and oxygen atoms in total. The number of fused-ring (bicyclic) bond motifs is 3. The lowest BCUT2D eigenvalue weighted by atomic mass is 9.97. The van der Waals surface area contributed by atoms with Crippen molar-refractivity contribution in [2.45, 2.75) is 6.92 Å². The minimum absolute atomic E-state index is 1.25. The molecule has 0 aliphatic rings. The van der Waals surface area contributed by atoms with Crippen molar-refractivity contribution in [2.75, 3.05) is 0 Å². The van der Waals surface area contributed by atoms with Crippen molar-refractivity contribution < 1.29 is 0 Å². The van der Waals surface area contributed by atoms with Gasteiger partial charge in [0.15, 0.2) is 0 Å². The molecule has 0 heteroatoms. The van der Waals surface area contributed by atoms with Gasteiger partial charge in [-0.15, -0.1) is 0 Å². The molecule has 3 aromatic rings. The van der Waals surface area contributed by atoms with Gasteiger partial charge in [-0.3, -0.25) is 0 Å². The molecule has 0 bridgehead atoms. The fourth-order valence-electron chi connectivity index (χ4n) is 2.54. The number of rotatable bonds is 2. The first-order valence-electron chi connectivity index (χ1n) is 6.51. The number of hydrogen-bond donors (Lipinski definition) is 0. The van der Waals surface area contributed by atoms with E-state index in [1.807, 2.05) is 12.2 Å². The summed E-state index contributed by atoms with van der Waals surface area (Å²) < 4.78 is 0. The standard InChI is InChI=1S/C19H16/c1-3-4-7-16-13-19-17(12-14(16)2)11-10-15-8-5-6-9-18(15)19/h3-13H,1H2,2H3/b7-4-. The molecular weight excluding hydrogens is 228 g/mol. The van der Waals surface area contributed by atoms with E-state index in [0.717, 1.165) is 0 Å². The summed E-state index contributed by atoms with van der Waals surface area (Å²) >= 11 is 0. The normalized spacial score (nSPS) is 11.4. The van der Waals surface area contributed by atoms with Gasteiger partial charge < -0.3 is 0 Å². The molecule has 0 unspecified atom stereocenters. The van der Waals surface area contributed by atoms with Gasteiger partial charge in [0.05, 0.1) is 0 Å². The molecular formula is C19H16. The molecule has 19 heavy (non-hydrogen) atoms. The molecule has 0 amide bonds. The second-order valence-electron chi connectivity index (χ2n) is 4.81. The Labute approximate surface area is 113 Å². The van der Waals surface area contributed by atoms with Gasteiger partial charge in [0.2, 0.25) is 0 Å². The molecule has 0 heterocycles. The van der Waals surface area contributed by atoms with E-state index in [4.69, 9.17) is 0 Å². The minimum atomic E-state index is 1.25. The van der Waals surface area contributed by atoms with Crippen molar-refractivity contribution in [2.24, 2.45) is 0 Å². The van der Waals surface area contributed by atoms with Gasteiger partial charge >= 0.3 is 0 Å². The minimum Gasteiger partial charge on any atom is -0.0991 e. The van der Waals surface area contributed by atoms with E-state index in [-0.39, 0.29) is 0 Å². The van der Waals surface area contributed by atoms with Gasteiger partial charge in [-0.1, -0.05) is 67.3 Å². The molecule has 0 saturated heterocycles. The zero-order chi connectivity index (χ0) is 13.2. The van der Waals surface area contributed by atoms with E-state index < -0.39 is 0 Å². The second-order valence-corrected chi connectivity index (χ2v) is 4.81. The van der Waals surface area contributed by atoms with Gasteiger partial charge in [0.25, 0.3) is 0 Å². The predicted octanol–water partition coefficient (Wildman–Crippen LogP) is 5.50. The highest BCUT2D eigenvalue weighted by molar-refractivity contribution is 6.08. The van der Waals surface area contributed by atoms with Gasteiger partial charge in [-0.2, -0.15) is 0 Å². The van der Waals surface area contributed by atoms with Gasteiger partial charge in [-0.05, 0) is 45.7 Å². The van der Waals surface area contributed by atoms with E-state index in [0.29, 0.717) is 0 Å². The summed E-state index contributed by atoms with van der Waals surface area (Å²) in [5, 5.41) is 5.21. The van der Waals surface area contributed by atoms with Crippen molar-refractivity contribution in [3.05, 3.63) is 78.4 Å². The highest BCUT2D eigenvalue weighted by Gasteiger charge is 2.03. The quantitative estimate of drug-likeness (QED) is 0.412. The molecule has 0 aliphatic heterocycles. The lowest BCUT2D eigenvalue weighted by molar-refractivity contribution is 1.48. The smallest absolute Gasteiger partial charge is 0.00993 e. The summed E-state index contributed by atoms with van der Waals surface area (Å²) in [6, 6.07) is 17.4. The van der Waals surface area contributed by atoms with Gasteiger partial charge in [0.1, 0.15) is 0 Å². The van der Waals surface area contributed by atoms with Crippen molar-refractivity contribution >= 4 is 27.6 Å². The summed E-state index contributed by atoms with van der Waals surface area (Å²) in [6.45, 7) is 5.88. The average Bonchev–Trinajstić information content (AvgIpc) is 2.45. The fraction of sp³-hybridized carbons (Fsp3) is 0.0526. The van der Waals surface area contributed by atoms with Gasteiger partial charge in [0, 0.05) is 0 Å². The monoisotopic (exact) mass is 244 g/mol. The summed E-state index contributed by atoms with van der Waals surface area (Å²) in [5.74, 6) is 0. The van der Waals surface area contributed by atoms with Crippen LogP contribution in [0.5, 0.6) is 0 Å². The van der Waals surface area contributed by atoms with Crippen LogP contribution in [0.25, 0.3) is 27.6 Å². The first-order chi connectivity index (χ1) is 9.29. The van der Waals surface area contributed by atoms with Crippen LogP contribution in [0.2, 0.25) is 0 Å². The van der Waals surface area contributed by atoms with Crippen LogP contribution < -0.4 is 0 Å². The topological polar surface area (TPSA) is 0 Å². The lowest BCUT2D eigenvalue weighted by Gasteiger charge is -2.08. The van der Waals surface area contributed by atoms with E-state index in [1.54, 1.807) is 0 Å². The Hall–Kier alpha value is -2.34. The molecule has 0 aromatic heterocycles. The highest BCUT2D eigenvalue weighted by atomic mass is 14.1. The van der Waals surface area contributed by atoms with Crippen molar-refractivity contribution in [1.29, 1.82) is 0 Å². The van der Waals surface area contributed by atoms with Crippen molar-refractivity contribution in [1.82, 2.24) is 0 Å². The Morgan fingerprint density at radius 3 is 2.53 bits per heavy atom. The fourth-order valence-corrected chi connectivity index (χ4v) is 2.54. The Morgan fingerprint density at radius 2 is 1.68 bits per heavy atom. The highest BCUT2D eigenvalue weighted by Crippen LogP contribution is 2.28. The first kappa shape index (κ1) is 11.7. The maximum atomic E-state index is 3.73. The van der Waals surface area contributed by atoms with E-state index in [1.165, 1.54) is 32.7 Å². The Bertz CT molecular complexity index is 792. The largest absolute Gasteiger partial charge is 0.0991 e. The molecule has 92 valence electrons. The van der Waals surface area contributed by atoms with Crippen LogP contribution in [-0.2, 0) is 0 Å². The number of hydrogen-bond acceptors (Lipinski definition) is 0. The number of benzene rings is 3. The third kappa shape index (κ3) is 2.06. The van der Waals surface area contributed by atoms with Crippen molar-refractivity contribution in [3.8, 4) is 0 Å². The zero-order valence-electron chi connectivity index (χ0n) is 11.1. The summed E-state index contributed by atoms with van der Waals surface area (Å²) in [7, 11) is 0. The van der Waals surface area contributed by atoms with Crippen LogP contribution in [-0.4, -0.2) is 0 Å². The van der Waals surface area contributed by atoms with E-state index >= 15 is 0 Å². The molecule has 0 aliphatic carbocycles. The molecule has 0 atom stereocenters. The Kier molecular flexibility index (Phi) is 2.92. The Morgan fingerprint density at radius 1 is 0.895 bits per heavy atom. The van der Waals surface area contributed by atoms with Crippen LogP contribution in [0.4, 0.5) is 0 Å². The van der Waals surface area contributed by atoms with Crippen LogP contribution in [0, 0.1) is 6.92 Å². The maximum absolute atomic E-state index is 3.73. The number of aryl methyl sites for hydroxylation is 1. The van der Waals surface area contributed by atoms with E-state index in [9.17, 15) is 0 Å². The molecule has 3 rings (SSSR count). The molecule has 0 radical (unpaired) electrons. The molecule has 0 N–H and O–H groups in total. The van der Waals surface area contributed by atoms with Crippen LogP contribution in [0.3, 0.4) is 0 Å². The van der Waals surface area contributed by atoms with Crippen molar-refractivity contribution in [3.63, 3.8) is 0 Å². The third-order valence-corrected chi connectivity index (χ3v) is 3.54. The average molecular weight is 244 g/mol. The summed E-state index contributed by atoms with van der Waals surface area (Å²) in [6.07, 6.45) is 5.91. The van der Waals surface area contributed by atoms with Crippen LogP contribution >= 0.6 is 0 Å². The van der Waals surface area contributed by atoms with Crippen LogP contribution in [0.15, 0.2) is 67.3 Å². The van der Waals surface area contributed by atoms with Crippen LogP contribution in [0.1, 0.15) is 11.1 Å². The van der Waals surface area contributed by atoms with Gasteiger partial charge in [-0.25, -0.2) is 0 Å². The third-order valence-electron chi connectivity index (χ3n) is 3.54. The Balaban J connectivity index is 2.37. The molecule has 3 aromatic carbocycles. The first-order valence-corrected chi connectivity index (χ1v) is 6.51.